The van der Waals surface area contributed by atoms with E-state index in [0.717, 1.165) is 11.0 Å². The number of rotatable bonds is 5. The highest BCUT2D eigenvalue weighted by Gasteiger charge is 2.19. The molecule has 1 aromatic rings. The molecule has 1 unspecified atom stereocenters. The van der Waals surface area contributed by atoms with E-state index in [2.05, 4.69) is 87.1 Å². The first-order valence-corrected chi connectivity index (χ1v) is 8.37. The molecule has 0 aliphatic heterocycles. The van der Waals surface area contributed by atoms with Crippen molar-refractivity contribution >= 4 is 15.9 Å². The van der Waals surface area contributed by atoms with Crippen LogP contribution in [-0.4, -0.2) is 12.1 Å². The summed E-state index contributed by atoms with van der Waals surface area (Å²) < 4.78 is 1.15. The first kappa shape index (κ1) is 17.7. The summed E-state index contributed by atoms with van der Waals surface area (Å²) in [6.07, 6.45) is 2.48. The van der Waals surface area contributed by atoms with Crippen molar-refractivity contribution in [3.8, 4) is 0 Å². The third-order valence-corrected chi connectivity index (χ3v) is 3.99. The van der Waals surface area contributed by atoms with Crippen LogP contribution in [0, 0.1) is 5.41 Å². The molecule has 0 saturated heterocycles. The van der Waals surface area contributed by atoms with Crippen LogP contribution in [0.3, 0.4) is 0 Å². The minimum Gasteiger partial charge on any atom is -0.311 e. The van der Waals surface area contributed by atoms with Crippen LogP contribution in [0.2, 0.25) is 0 Å². The van der Waals surface area contributed by atoms with Crippen LogP contribution in [-0.2, 0) is 0 Å². The number of halogens is 1. The predicted octanol–water partition coefficient (Wildman–Crippen LogP) is 5.75. The maximum atomic E-state index is 3.66. The van der Waals surface area contributed by atoms with Crippen molar-refractivity contribution in [1.29, 1.82) is 0 Å². The summed E-state index contributed by atoms with van der Waals surface area (Å²) in [4.78, 5) is 0. The summed E-state index contributed by atoms with van der Waals surface area (Å²) in [6, 6.07) is 8.80. The van der Waals surface area contributed by atoms with Crippen molar-refractivity contribution < 1.29 is 0 Å². The molecule has 0 heterocycles. The van der Waals surface area contributed by atoms with Gasteiger partial charge < -0.3 is 5.32 Å². The molecule has 114 valence electrons. The smallest absolute Gasteiger partial charge is 0.0175 e. The van der Waals surface area contributed by atoms with E-state index in [-0.39, 0.29) is 5.54 Å². The number of hydrogen-bond acceptors (Lipinski definition) is 1. The third kappa shape index (κ3) is 7.44. The molecule has 0 aromatic heterocycles. The summed E-state index contributed by atoms with van der Waals surface area (Å²) in [5.74, 6) is 0.585. The molecule has 1 rings (SSSR count). The summed E-state index contributed by atoms with van der Waals surface area (Å²) in [7, 11) is 0. The Hall–Kier alpha value is -0.340. The Bertz CT molecular complexity index is 377. The summed E-state index contributed by atoms with van der Waals surface area (Å²) in [5.41, 5.74) is 2.01. The normalized spacial score (nSPS) is 14.3. The van der Waals surface area contributed by atoms with E-state index < -0.39 is 0 Å². The lowest BCUT2D eigenvalue weighted by atomic mass is 9.84. The highest BCUT2D eigenvalue weighted by Crippen LogP contribution is 2.29. The lowest BCUT2D eigenvalue weighted by Gasteiger charge is -2.28. The summed E-state index contributed by atoms with van der Waals surface area (Å²) >= 11 is 3.52. The van der Waals surface area contributed by atoms with Crippen LogP contribution in [0.25, 0.3) is 0 Å². The molecule has 0 amide bonds. The van der Waals surface area contributed by atoms with Crippen LogP contribution in [0.1, 0.15) is 65.9 Å². The van der Waals surface area contributed by atoms with E-state index in [4.69, 9.17) is 0 Å². The summed E-state index contributed by atoms with van der Waals surface area (Å²) in [5, 5.41) is 3.66. The Morgan fingerprint density at radius 2 is 1.55 bits per heavy atom. The monoisotopic (exact) mass is 339 g/mol. The van der Waals surface area contributed by atoms with Crippen LogP contribution < -0.4 is 5.32 Å². The van der Waals surface area contributed by atoms with Gasteiger partial charge in [0.1, 0.15) is 0 Å². The van der Waals surface area contributed by atoms with Gasteiger partial charge in [0.05, 0.1) is 0 Å². The molecule has 0 aliphatic rings. The average Bonchev–Trinajstić information content (AvgIpc) is 2.28. The van der Waals surface area contributed by atoms with Crippen LogP contribution in [0.4, 0.5) is 0 Å². The molecule has 20 heavy (non-hydrogen) atoms. The third-order valence-electron chi connectivity index (χ3n) is 3.46. The molecule has 1 aromatic carbocycles. The quantitative estimate of drug-likeness (QED) is 0.720. The second kappa shape index (κ2) is 7.09. The molecule has 1 N–H and O–H groups in total. The van der Waals surface area contributed by atoms with Crippen molar-refractivity contribution in [1.82, 2.24) is 5.32 Å². The molecule has 1 atom stereocenters. The Balaban J connectivity index is 2.75. The molecule has 1 nitrogen and oxygen atoms in total. The Labute approximate surface area is 133 Å². The van der Waals surface area contributed by atoms with E-state index in [9.17, 15) is 0 Å². The van der Waals surface area contributed by atoms with Gasteiger partial charge >= 0.3 is 0 Å². The Morgan fingerprint density at radius 3 is 2.00 bits per heavy atom. The average molecular weight is 340 g/mol. The van der Waals surface area contributed by atoms with E-state index in [1.54, 1.807) is 0 Å². The van der Waals surface area contributed by atoms with Gasteiger partial charge in [0, 0.05) is 16.6 Å². The fourth-order valence-corrected chi connectivity index (χ4v) is 2.42. The molecule has 0 spiro atoms. The van der Waals surface area contributed by atoms with Crippen molar-refractivity contribution in [2.45, 2.75) is 65.8 Å². The molecule has 0 aliphatic carbocycles. The van der Waals surface area contributed by atoms with E-state index in [1.807, 2.05) is 0 Å². The van der Waals surface area contributed by atoms with E-state index in [1.165, 1.54) is 18.4 Å². The standard InChI is InChI=1S/C18H30BrN/c1-17(2,3)12-11-15(13-20-18(4,5)6)14-7-9-16(19)10-8-14/h7-10,15,20H,11-13H2,1-6H3. The molecule has 0 bridgehead atoms. The van der Waals surface area contributed by atoms with Gasteiger partial charge in [0.2, 0.25) is 0 Å². The van der Waals surface area contributed by atoms with Crippen molar-refractivity contribution in [2.24, 2.45) is 5.41 Å². The first-order valence-electron chi connectivity index (χ1n) is 7.57. The van der Waals surface area contributed by atoms with Crippen LogP contribution in [0.15, 0.2) is 28.7 Å². The van der Waals surface area contributed by atoms with Gasteiger partial charge in [-0.05, 0) is 62.6 Å². The molecule has 0 saturated carbocycles. The van der Waals surface area contributed by atoms with Crippen molar-refractivity contribution in [3.05, 3.63) is 34.3 Å². The zero-order valence-electron chi connectivity index (χ0n) is 13.9. The highest BCUT2D eigenvalue weighted by molar-refractivity contribution is 9.10. The second-order valence-corrected chi connectivity index (χ2v) is 8.89. The highest BCUT2D eigenvalue weighted by atomic mass is 79.9. The topological polar surface area (TPSA) is 12.0 Å². The molecule has 2 heteroatoms. The van der Waals surface area contributed by atoms with Gasteiger partial charge in [-0.1, -0.05) is 48.8 Å². The molecular weight excluding hydrogens is 310 g/mol. The van der Waals surface area contributed by atoms with Gasteiger partial charge in [0.25, 0.3) is 0 Å². The fraction of sp³-hybridized carbons (Fsp3) is 0.667. The van der Waals surface area contributed by atoms with E-state index >= 15 is 0 Å². The predicted molar refractivity (Wildman–Crippen MR) is 93.3 cm³/mol. The molecule has 0 fully saturated rings. The van der Waals surface area contributed by atoms with Gasteiger partial charge in [-0.3, -0.25) is 0 Å². The Kier molecular flexibility index (Phi) is 6.27. The van der Waals surface area contributed by atoms with Crippen molar-refractivity contribution in [2.75, 3.05) is 6.54 Å². The minimum absolute atomic E-state index is 0.176. The number of hydrogen-bond donors (Lipinski definition) is 1. The minimum atomic E-state index is 0.176. The Morgan fingerprint density at radius 1 is 1.00 bits per heavy atom. The van der Waals surface area contributed by atoms with Gasteiger partial charge in [-0.15, -0.1) is 0 Å². The largest absolute Gasteiger partial charge is 0.311 e. The number of benzene rings is 1. The maximum absolute atomic E-state index is 3.66. The zero-order valence-corrected chi connectivity index (χ0v) is 15.5. The van der Waals surface area contributed by atoms with Crippen LogP contribution >= 0.6 is 15.9 Å². The zero-order chi connectivity index (χ0) is 15.4. The molecule has 0 radical (unpaired) electrons. The fourth-order valence-electron chi connectivity index (χ4n) is 2.16. The molecular formula is C18H30BrN. The summed E-state index contributed by atoms with van der Waals surface area (Å²) in [6.45, 7) is 14.7. The van der Waals surface area contributed by atoms with Gasteiger partial charge in [-0.25, -0.2) is 0 Å². The SMILES string of the molecule is CC(C)(C)CCC(CNC(C)(C)C)c1ccc(Br)cc1. The van der Waals surface area contributed by atoms with Gasteiger partial charge in [-0.2, -0.15) is 0 Å². The lowest BCUT2D eigenvalue weighted by molar-refractivity contribution is 0.330. The van der Waals surface area contributed by atoms with Gasteiger partial charge in [0.15, 0.2) is 0 Å². The lowest BCUT2D eigenvalue weighted by Crippen LogP contribution is -2.38. The van der Waals surface area contributed by atoms with Crippen LogP contribution in [0.5, 0.6) is 0 Å². The first-order chi connectivity index (χ1) is 9.07. The maximum Gasteiger partial charge on any atom is 0.0175 e. The van der Waals surface area contributed by atoms with E-state index in [0.29, 0.717) is 11.3 Å². The number of nitrogens with one attached hydrogen (secondary N) is 1. The van der Waals surface area contributed by atoms with Crippen molar-refractivity contribution in [3.63, 3.8) is 0 Å². The second-order valence-electron chi connectivity index (χ2n) is 7.98.